The van der Waals surface area contributed by atoms with Crippen LogP contribution in [0, 0.1) is 10.1 Å². The number of anilines is 1. The lowest BCUT2D eigenvalue weighted by atomic mass is 10.2. The predicted octanol–water partition coefficient (Wildman–Crippen LogP) is 2.44. The summed E-state index contributed by atoms with van der Waals surface area (Å²) < 4.78 is 0.718. The quantitative estimate of drug-likeness (QED) is 0.642. The molecule has 0 spiro atoms. The fraction of sp³-hybridized carbons (Fsp3) is 0.417. The van der Waals surface area contributed by atoms with Gasteiger partial charge in [0.2, 0.25) is 5.91 Å². The zero-order valence-corrected chi connectivity index (χ0v) is 11.9. The van der Waals surface area contributed by atoms with E-state index in [-0.39, 0.29) is 17.6 Å². The van der Waals surface area contributed by atoms with Gasteiger partial charge in [-0.1, -0.05) is 15.9 Å². The van der Waals surface area contributed by atoms with Crippen LogP contribution in [0.4, 0.5) is 11.4 Å². The van der Waals surface area contributed by atoms with Crippen LogP contribution in [0.15, 0.2) is 22.7 Å². The average molecular weight is 328 g/mol. The van der Waals surface area contributed by atoms with Crippen molar-refractivity contribution in [2.24, 2.45) is 0 Å². The van der Waals surface area contributed by atoms with Crippen molar-refractivity contribution in [1.82, 2.24) is 5.32 Å². The third-order valence-corrected chi connectivity index (χ3v) is 3.34. The average Bonchev–Trinajstić information content (AvgIpc) is 3.12. The standard InChI is InChI=1S/C12H14BrN3O3/c1-7(12(17)15-9-3-4-9)14-10-6-8(13)2-5-11(10)16(18)19/h2,5-7,9,14H,3-4H2,1H3,(H,15,17). The summed E-state index contributed by atoms with van der Waals surface area (Å²) >= 11 is 3.26. The van der Waals surface area contributed by atoms with Gasteiger partial charge in [-0.25, -0.2) is 0 Å². The second-order valence-electron chi connectivity index (χ2n) is 4.57. The number of amides is 1. The van der Waals surface area contributed by atoms with E-state index in [2.05, 4.69) is 26.6 Å². The minimum atomic E-state index is -0.520. The van der Waals surface area contributed by atoms with E-state index in [9.17, 15) is 14.9 Å². The first-order valence-corrected chi connectivity index (χ1v) is 6.77. The third-order valence-electron chi connectivity index (χ3n) is 2.84. The number of nitrogens with zero attached hydrogens (tertiary/aromatic N) is 1. The van der Waals surface area contributed by atoms with Gasteiger partial charge in [-0.15, -0.1) is 0 Å². The van der Waals surface area contributed by atoms with Crippen molar-refractivity contribution in [3.05, 3.63) is 32.8 Å². The topological polar surface area (TPSA) is 84.3 Å². The molecule has 0 aliphatic heterocycles. The number of hydrogen-bond acceptors (Lipinski definition) is 4. The summed E-state index contributed by atoms with van der Waals surface area (Å²) in [5, 5.41) is 16.7. The Morgan fingerprint density at radius 1 is 1.53 bits per heavy atom. The highest BCUT2D eigenvalue weighted by atomic mass is 79.9. The van der Waals surface area contributed by atoms with Crippen molar-refractivity contribution >= 4 is 33.2 Å². The first-order chi connectivity index (χ1) is 8.97. The summed E-state index contributed by atoms with van der Waals surface area (Å²) in [5.41, 5.74) is 0.284. The van der Waals surface area contributed by atoms with Crippen LogP contribution < -0.4 is 10.6 Å². The van der Waals surface area contributed by atoms with E-state index in [1.165, 1.54) is 6.07 Å². The molecule has 2 rings (SSSR count). The van der Waals surface area contributed by atoms with Crippen molar-refractivity contribution in [1.29, 1.82) is 0 Å². The Bertz CT molecular complexity index is 517. The molecule has 102 valence electrons. The van der Waals surface area contributed by atoms with Crippen LogP contribution in [0.25, 0.3) is 0 Å². The molecule has 1 unspecified atom stereocenters. The molecule has 1 saturated carbocycles. The highest BCUT2D eigenvalue weighted by molar-refractivity contribution is 9.10. The minimum absolute atomic E-state index is 0.0470. The molecule has 1 aliphatic rings. The molecule has 1 fully saturated rings. The smallest absolute Gasteiger partial charge is 0.292 e. The lowest BCUT2D eigenvalue weighted by Crippen LogP contribution is -2.38. The molecule has 1 aromatic carbocycles. The normalized spacial score (nSPS) is 15.7. The molecule has 1 aliphatic carbocycles. The van der Waals surface area contributed by atoms with Crippen molar-refractivity contribution in [2.45, 2.75) is 31.8 Å². The highest BCUT2D eigenvalue weighted by Gasteiger charge is 2.26. The molecule has 2 N–H and O–H groups in total. The molecule has 0 saturated heterocycles. The summed E-state index contributed by atoms with van der Waals surface area (Å²) in [5.74, 6) is -0.142. The molecule has 0 bridgehead atoms. The molecule has 0 radical (unpaired) electrons. The van der Waals surface area contributed by atoms with Gasteiger partial charge in [0.15, 0.2) is 0 Å². The van der Waals surface area contributed by atoms with E-state index >= 15 is 0 Å². The van der Waals surface area contributed by atoms with E-state index in [0.29, 0.717) is 5.69 Å². The maximum Gasteiger partial charge on any atom is 0.292 e. The molecule has 1 amide bonds. The molecule has 6 nitrogen and oxygen atoms in total. The molecular weight excluding hydrogens is 314 g/mol. The molecule has 19 heavy (non-hydrogen) atoms. The number of rotatable bonds is 5. The summed E-state index contributed by atoms with van der Waals surface area (Å²) in [6, 6.07) is 4.35. The maximum absolute atomic E-state index is 11.8. The fourth-order valence-corrected chi connectivity index (χ4v) is 2.00. The fourth-order valence-electron chi connectivity index (χ4n) is 1.64. The molecule has 0 aromatic heterocycles. The SMILES string of the molecule is CC(Nc1cc(Br)ccc1[N+](=O)[O-])C(=O)NC1CC1. The highest BCUT2D eigenvalue weighted by Crippen LogP contribution is 2.28. The minimum Gasteiger partial charge on any atom is -0.368 e. The maximum atomic E-state index is 11.8. The van der Waals surface area contributed by atoms with Crippen molar-refractivity contribution in [3.8, 4) is 0 Å². The Hall–Kier alpha value is -1.63. The van der Waals surface area contributed by atoms with Gasteiger partial charge in [0.05, 0.1) is 4.92 Å². The molecule has 0 heterocycles. The monoisotopic (exact) mass is 327 g/mol. The molecule has 7 heteroatoms. The lowest BCUT2D eigenvalue weighted by Gasteiger charge is -2.15. The Morgan fingerprint density at radius 3 is 2.79 bits per heavy atom. The number of carbonyl (C=O) groups excluding carboxylic acids is 1. The first kappa shape index (κ1) is 13.8. The number of hydrogen-bond donors (Lipinski definition) is 2. The molecule has 1 aromatic rings. The number of halogens is 1. The third kappa shape index (κ3) is 3.66. The second-order valence-corrected chi connectivity index (χ2v) is 5.48. The molecule has 1 atom stereocenters. The van der Waals surface area contributed by atoms with Crippen LogP contribution in [0.2, 0.25) is 0 Å². The van der Waals surface area contributed by atoms with E-state index < -0.39 is 11.0 Å². The van der Waals surface area contributed by atoms with Gasteiger partial charge in [0.25, 0.3) is 5.69 Å². The van der Waals surface area contributed by atoms with E-state index in [4.69, 9.17) is 0 Å². The Balaban J connectivity index is 2.10. The van der Waals surface area contributed by atoms with Crippen LogP contribution in [-0.4, -0.2) is 22.9 Å². The van der Waals surface area contributed by atoms with Crippen LogP contribution in [0.3, 0.4) is 0 Å². The summed E-state index contributed by atoms with van der Waals surface area (Å²) in [6.45, 7) is 1.68. The van der Waals surface area contributed by atoms with Crippen LogP contribution in [0.1, 0.15) is 19.8 Å². The molecular formula is C12H14BrN3O3. The number of nitrogens with one attached hydrogen (secondary N) is 2. The Labute approximate surface area is 118 Å². The van der Waals surface area contributed by atoms with Gasteiger partial charge < -0.3 is 10.6 Å². The van der Waals surface area contributed by atoms with Crippen molar-refractivity contribution < 1.29 is 9.72 Å². The zero-order valence-electron chi connectivity index (χ0n) is 10.4. The second kappa shape index (κ2) is 5.56. The van der Waals surface area contributed by atoms with Crippen LogP contribution >= 0.6 is 15.9 Å². The number of nitro groups is 1. The van der Waals surface area contributed by atoms with E-state index in [0.717, 1.165) is 17.3 Å². The zero-order chi connectivity index (χ0) is 14.0. The number of nitro benzene ring substituents is 1. The Morgan fingerprint density at radius 2 is 2.21 bits per heavy atom. The van der Waals surface area contributed by atoms with Gasteiger partial charge in [-0.3, -0.25) is 14.9 Å². The number of carbonyl (C=O) groups is 1. The van der Waals surface area contributed by atoms with Gasteiger partial charge in [0.1, 0.15) is 11.7 Å². The van der Waals surface area contributed by atoms with Gasteiger partial charge in [0, 0.05) is 16.6 Å². The summed E-state index contributed by atoms with van der Waals surface area (Å²) in [6.07, 6.45) is 2.02. The summed E-state index contributed by atoms with van der Waals surface area (Å²) in [4.78, 5) is 22.3. The van der Waals surface area contributed by atoms with E-state index in [1.54, 1.807) is 19.1 Å². The Kier molecular flexibility index (Phi) is 4.04. The van der Waals surface area contributed by atoms with Crippen molar-refractivity contribution in [2.75, 3.05) is 5.32 Å². The van der Waals surface area contributed by atoms with Crippen LogP contribution in [0.5, 0.6) is 0 Å². The van der Waals surface area contributed by atoms with Gasteiger partial charge in [-0.05, 0) is 31.9 Å². The van der Waals surface area contributed by atoms with E-state index in [1.807, 2.05) is 0 Å². The predicted molar refractivity (Wildman–Crippen MR) is 75.0 cm³/mol. The lowest BCUT2D eigenvalue weighted by molar-refractivity contribution is -0.384. The van der Waals surface area contributed by atoms with Gasteiger partial charge >= 0.3 is 0 Å². The largest absolute Gasteiger partial charge is 0.368 e. The summed E-state index contributed by atoms with van der Waals surface area (Å²) in [7, 11) is 0. The first-order valence-electron chi connectivity index (χ1n) is 5.98. The number of benzene rings is 1. The van der Waals surface area contributed by atoms with Crippen molar-refractivity contribution in [3.63, 3.8) is 0 Å². The van der Waals surface area contributed by atoms with Crippen LogP contribution in [-0.2, 0) is 4.79 Å². The van der Waals surface area contributed by atoms with Gasteiger partial charge in [-0.2, -0.15) is 0 Å².